The van der Waals surface area contributed by atoms with Gasteiger partial charge in [0, 0.05) is 24.8 Å². The molecule has 1 N–H and O–H groups in total. The van der Waals surface area contributed by atoms with Gasteiger partial charge >= 0.3 is 6.18 Å². The highest BCUT2D eigenvalue weighted by Crippen LogP contribution is 2.34. The smallest absolute Gasteiger partial charge is 0.381 e. The van der Waals surface area contributed by atoms with Crippen molar-refractivity contribution in [1.29, 1.82) is 0 Å². The lowest BCUT2D eigenvalue weighted by Crippen LogP contribution is -2.06. The van der Waals surface area contributed by atoms with Crippen molar-refractivity contribution in [3.05, 3.63) is 71.2 Å². The fourth-order valence-corrected chi connectivity index (χ4v) is 2.60. The molecule has 0 unspecified atom stereocenters. The van der Waals surface area contributed by atoms with E-state index < -0.39 is 34.9 Å². The van der Waals surface area contributed by atoms with Gasteiger partial charge in [-0.15, -0.1) is 0 Å². The van der Waals surface area contributed by atoms with E-state index >= 15 is 0 Å². The SMILES string of the molecule is Cn1nc(C(F)(F)F)cc1-c1c(F)cc(NCc2ccccc2F)cc1F. The van der Waals surface area contributed by atoms with E-state index in [-0.39, 0.29) is 17.9 Å². The molecule has 27 heavy (non-hydrogen) atoms. The van der Waals surface area contributed by atoms with Crippen LogP contribution in [0.4, 0.5) is 32.0 Å². The van der Waals surface area contributed by atoms with Gasteiger partial charge in [0.25, 0.3) is 0 Å². The van der Waals surface area contributed by atoms with Crippen LogP contribution >= 0.6 is 0 Å². The van der Waals surface area contributed by atoms with Gasteiger partial charge in [-0.05, 0) is 24.3 Å². The lowest BCUT2D eigenvalue weighted by molar-refractivity contribution is -0.141. The number of halogens is 6. The third-order valence-corrected chi connectivity index (χ3v) is 3.91. The maximum absolute atomic E-state index is 14.4. The van der Waals surface area contributed by atoms with E-state index in [1.165, 1.54) is 18.2 Å². The number of alkyl halides is 3. The fourth-order valence-electron chi connectivity index (χ4n) is 2.60. The van der Waals surface area contributed by atoms with Crippen molar-refractivity contribution in [2.75, 3.05) is 5.32 Å². The standard InChI is InChI=1S/C18H13F6N3/c1-27-15(8-16(26-27)18(22,23)24)17-13(20)6-11(7-14(17)21)25-9-10-4-2-3-5-12(10)19/h2-8,25H,9H2,1H3. The van der Waals surface area contributed by atoms with E-state index in [1.807, 2.05) is 0 Å². The Balaban J connectivity index is 1.90. The number of benzene rings is 2. The van der Waals surface area contributed by atoms with Crippen LogP contribution in [0.5, 0.6) is 0 Å². The summed E-state index contributed by atoms with van der Waals surface area (Å²) in [7, 11) is 1.16. The number of nitrogens with zero attached hydrogens (tertiary/aromatic N) is 2. The van der Waals surface area contributed by atoms with E-state index in [0.717, 1.165) is 23.9 Å². The van der Waals surface area contributed by atoms with Gasteiger partial charge < -0.3 is 5.32 Å². The van der Waals surface area contributed by atoms with Crippen molar-refractivity contribution < 1.29 is 26.3 Å². The van der Waals surface area contributed by atoms with Crippen molar-refractivity contribution in [1.82, 2.24) is 9.78 Å². The van der Waals surface area contributed by atoms with Crippen LogP contribution in [-0.2, 0) is 19.8 Å². The molecule has 3 rings (SSSR count). The second kappa shape index (κ2) is 6.98. The molecule has 142 valence electrons. The first-order valence-corrected chi connectivity index (χ1v) is 7.74. The Morgan fingerprint density at radius 1 is 0.963 bits per heavy atom. The predicted molar refractivity (Wildman–Crippen MR) is 87.3 cm³/mol. The number of anilines is 1. The topological polar surface area (TPSA) is 29.9 Å². The summed E-state index contributed by atoms with van der Waals surface area (Å²) in [4.78, 5) is 0. The zero-order valence-corrected chi connectivity index (χ0v) is 13.9. The average Bonchev–Trinajstić information content (AvgIpc) is 2.95. The predicted octanol–water partition coefficient (Wildman–Crippen LogP) is 5.14. The molecule has 1 heterocycles. The molecule has 1 aromatic heterocycles. The van der Waals surface area contributed by atoms with Gasteiger partial charge in [0.15, 0.2) is 5.69 Å². The maximum Gasteiger partial charge on any atom is 0.435 e. The average molecular weight is 385 g/mol. The Hall–Kier alpha value is -2.97. The number of aromatic nitrogens is 2. The molecule has 0 aliphatic carbocycles. The van der Waals surface area contributed by atoms with Gasteiger partial charge in [-0.3, -0.25) is 4.68 Å². The largest absolute Gasteiger partial charge is 0.435 e. The van der Waals surface area contributed by atoms with Crippen LogP contribution in [0.25, 0.3) is 11.3 Å². The normalized spacial score (nSPS) is 11.7. The Morgan fingerprint density at radius 3 is 2.15 bits per heavy atom. The Kier molecular flexibility index (Phi) is 4.86. The van der Waals surface area contributed by atoms with Crippen LogP contribution in [0.2, 0.25) is 0 Å². The summed E-state index contributed by atoms with van der Waals surface area (Å²) in [5.74, 6) is -2.61. The summed E-state index contributed by atoms with van der Waals surface area (Å²) in [6, 6.07) is 8.33. The molecule has 2 aromatic carbocycles. The molecule has 0 aliphatic heterocycles. The molecule has 0 saturated carbocycles. The molecule has 0 spiro atoms. The van der Waals surface area contributed by atoms with Gasteiger partial charge in [0.1, 0.15) is 17.5 Å². The van der Waals surface area contributed by atoms with Crippen LogP contribution in [-0.4, -0.2) is 9.78 Å². The minimum Gasteiger partial charge on any atom is -0.381 e. The van der Waals surface area contributed by atoms with Crippen molar-refractivity contribution in [2.24, 2.45) is 7.05 Å². The first kappa shape index (κ1) is 18.8. The molecule has 9 heteroatoms. The summed E-state index contributed by atoms with van der Waals surface area (Å²) >= 11 is 0. The van der Waals surface area contributed by atoms with Crippen molar-refractivity contribution in [2.45, 2.75) is 12.7 Å². The fraction of sp³-hybridized carbons (Fsp3) is 0.167. The van der Waals surface area contributed by atoms with Crippen LogP contribution in [0.15, 0.2) is 42.5 Å². The molecule has 0 atom stereocenters. The quantitative estimate of drug-likeness (QED) is 0.631. The zero-order chi connectivity index (χ0) is 19.8. The lowest BCUT2D eigenvalue weighted by Gasteiger charge is -2.11. The molecule has 0 saturated heterocycles. The Labute approximate surface area is 150 Å². The molecule has 0 radical (unpaired) electrons. The molecule has 0 bridgehead atoms. The van der Waals surface area contributed by atoms with E-state index in [1.54, 1.807) is 6.07 Å². The van der Waals surface area contributed by atoms with Crippen LogP contribution in [0.3, 0.4) is 0 Å². The van der Waals surface area contributed by atoms with Crippen LogP contribution in [0, 0.1) is 17.5 Å². The molecule has 3 aromatic rings. The van der Waals surface area contributed by atoms with Crippen LogP contribution in [0.1, 0.15) is 11.3 Å². The minimum atomic E-state index is -4.73. The van der Waals surface area contributed by atoms with Crippen molar-refractivity contribution in [3.63, 3.8) is 0 Å². The van der Waals surface area contributed by atoms with E-state index in [9.17, 15) is 26.3 Å². The van der Waals surface area contributed by atoms with E-state index in [0.29, 0.717) is 11.6 Å². The summed E-state index contributed by atoms with van der Waals surface area (Å²) in [6.45, 7) is -0.0190. The first-order chi connectivity index (χ1) is 12.7. The third-order valence-electron chi connectivity index (χ3n) is 3.91. The number of hydrogen-bond donors (Lipinski definition) is 1. The van der Waals surface area contributed by atoms with Gasteiger partial charge in [0.05, 0.1) is 11.3 Å². The monoisotopic (exact) mass is 385 g/mol. The van der Waals surface area contributed by atoms with Gasteiger partial charge in [-0.25, -0.2) is 13.2 Å². The summed E-state index contributed by atoms with van der Waals surface area (Å²) in [5, 5.41) is 5.93. The summed E-state index contributed by atoms with van der Waals surface area (Å²) in [6.07, 6.45) is -4.73. The number of hydrogen-bond acceptors (Lipinski definition) is 2. The summed E-state index contributed by atoms with van der Waals surface area (Å²) in [5.41, 5.74) is -1.91. The lowest BCUT2D eigenvalue weighted by atomic mass is 10.1. The Bertz CT molecular complexity index is 954. The molecular formula is C18H13F6N3. The molecular weight excluding hydrogens is 372 g/mol. The molecule has 0 aliphatic rings. The number of aryl methyl sites for hydroxylation is 1. The maximum atomic E-state index is 14.4. The number of rotatable bonds is 4. The molecule has 0 fully saturated rings. The summed E-state index contributed by atoms with van der Waals surface area (Å²) < 4.78 is 81.4. The Morgan fingerprint density at radius 2 is 1.59 bits per heavy atom. The second-order valence-electron chi connectivity index (χ2n) is 5.80. The van der Waals surface area contributed by atoms with Gasteiger partial charge in [-0.2, -0.15) is 18.3 Å². The zero-order valence-electron chi connectivity index (χ0n) is 13.9. The highest BCUT2D eigenvalue weighted by molar-refractivity contribution is 5.65. The first-order valence-electron chi connectivity index (χ1n) is 7.74. The van der Waals surface area contributed by atoms with Crippen molar-refractivity contribution in [3.8, 4) is 11.3 Å². The number of nitrogens with one attached hydrogen (secondary N) is 1. The highest BCUT2D eigenvalue weighted by Gasteiger charge is 2.35. The second-order valence-corrected chi connectivity index (χ2v) is 5.80. The van der Waals surface area contributed by atoms with Gasteiger partial charge in [0.2, 0.25) is 0 Å². The van der Waals surface area contributed by atoms with Gasteiger partial charge in [-0.1, -0.05) is 18.2 Å². The van der Waals surface area contributed by atoms with E-state index in [2.05, 4.69) is 10.4 Å². The van der Waals surface area contributed by atoms with Crippen molar-refractivity contribution >= 4 is 5.69 Å². The van der Waals surface area contributed by atoms with Crippen LogP contribution < -0.4 is 5.32 Å². The molecule has 0 amide bonds. The van der Waals surface area contributed by atoms with E-state index in [4.69, 9.17) is 0 Å². The third kappa shape index (κ3) is 3.91. The minimum absolute atomic E-state index is 0.0190. The molecule has 3 nitrogen and oxygen atoms in total. The highest BCUT2D eigenvalue weighted by atomic mass is 19.4.